The number of benzene rings is 2. The molecule has 28 heavy (non-hydrogen) atoms. The van der Waals surface area contributed by atoms with Crippen molar-refractivity contribution in [1.29, 1.82) is 0 Å². The molecule has 0 unspecified atom stereocenters. The Hall–Kier alpha value is -3.69. The van der Waals surface area contributed by atoms with Crippen LogP contribution in [0, 0.1) is 10.1 Å². The third kappa shape index (κ3) is 5.40. The van der Waals surface area contributed by atoms with Gasteiger partial charge in [-0.2, -0.15) is 8.78 Å². The van der Waals surface area contributed by atoms with Crippen molar-refractivity contribution >= 4 is 23.4 Å². The van der Waals surface area contributed by atoms with Gasteiger partial charge >= 0.3 is 6.61 Å². The number of rotatable bonds is 8. The topological polar surface area (TPSA) is 99.9 Å². The van der Waals surface area contributed by atoms with Gasteiger partial charge in [0.15, 0.2) is 11.5 Å². The maximum Gasteiger partial charge on any atom is 0.387 e. The summed E-state index contributed by atoms with van der Waals surface area (Å²) in [5.74, 6) is -0.392. The summed E-state index contributed by atoms with van der Waals surface area (Å²) >= 11 is 0. The smallest absolute Gasteiger partial charge is 0.387 e. The number of halogens is 2. The molecule has 0 spiro atoms. The van der Waals surface area contributed by atoms with Crippen LogP contribution in [-0.4, -0.2) is 31.7 Å². The number of amides is 1. The minimum Gasteiger partial charge on any atom is -0.495 e. The lowest BCUT2D eigenvalue weighted by atomic mass is 10.2. The lowest BCUT2D eigenvalue weighted by Gasteiger charge is -2.10. The minimum absolute atomic E-state index is 0.0724. The molecule has 0 aliphatic carbocycles. The second-order valence-corrected chi connectivity index (χ2v) is 5.25. The van der Waals surface area contributed by atoms with E-state index in [1.807, 2.05) is 0 Å². The third-order valence-corrected chi connectivity index (χ3v) is 3.48. The number of anilines is 1. The van der Waals surface area contributed by atoms with Gasteiger partial charge in [-0.05, 0) is 29.8 Å². The van der Waals surface area contributed by atoms with Gasteiger partial charge in [0.05, 0.1) is 24.8 Å². The summed E-state index contributed by atoms with van der Waals surface area (Å²) in [5, 5.41) is 13.4. The summed E-state index contributed by atoms with van der Waals surface area (Å²) < 4.78 is 39.1. The van der Waals surface area contributed by atoms with Crippen molar-refractivity contribution in [2.24, 2.45) is 0 Å². The Morgan fingerprint density at radius 3 is 2.39 bits per heavy atom. The first-order valence-corrected chi connectivity index (χ1v) is 7.78. The second-order valence-electron chi connectivity index (χ2n) is 5.25. The molecule has 0 saturated heterocycles. The van der Waals surface area contributed by atoms with Crippen LogP contribution in [0.3, 0.4) is 0 Å². The maximum atomic E-state index is 12.3. The van der Waals surface area contributed by atoms with E-state index in [1.165, 1.54) is 62.8 Å². The summed E-state index contributed by atoms with van der Waals surface area (Å²) in [5.41, 5.74) is 0.406. The van der Waals surface area contributed by atoms with Crippen molar-refractivity contribution in [1.82, 2.24) is 0 Å². The van der Waals surface area contributed by atoms with Crippen molar-refractivity contribution in [2.45, 2.75) is 6.61 Å². The van der Waals surface area contributed by atoms with Gasteiger partial charge in [0, 0.05) is 18.2 Å². The molecule has 148 valence electrons. The van der Waals surface area contributed by atoms with Crippen LogP contribution in [0.2, 0.25) is 0 Å². The third-order valence-electron chi connectivity index (χ3n) is 3.48. The van der Waals surface area contributed by atoms with Crippen molar-refractivity contribution in [3.8, 4) is 17.2 Å². The quantitative estimate of drug-likeness (QED) is 0.415. The Morgan fingerprint density at radius 1 is 1.11 bits per heavy atom. The van der Waals surface area contributed by atoms with E-state index in [9.17, 15) is 23.7 Å². The average Bonchev–Trinajstić information content (AvgIpc) is 2.66. The van der Waals surface area contributed by atoms with Gasteiger partial charge in [-0.3, -0.25) is 14.9 Å². The van der Waals surface area contributed by atoms with E-state index in [2.05, 4.69) is 10.1 Å². The molecule has 0 aromatic heterocycles. The highest BCUT2D eigenvalue weighted by Crippen LogP contribution is 2.30. The van der Waals surface area contributed by atoms with E-state index < -0.39 is 17.4 Å². The molecule has 0 bridgehead atoms. The first-order valence-electron chi connectivity index (χ1n) is 7.78. The van der Waals surface area contributed by atoms with Crippen LogP contribution >= 0.6 is 0 Å². The van der Waals surface area contributed by atoms with E-state index in [0.717, 1.165) is 0 Å². The van der Waals surface area contributed by atoms with E-state index >= 15 is 0 Å². The molecule has 1 N–H and O–H groups in total. The van der Waals surface area contributed by atoms with Crippen LogP contribution in [0.5, 0.6) is 17.2 Å². The fourth-order valence-corrected chi connectivity index (χ4v) is 2.23. The summed E-state index contributed by atoms with van der Waals surface area (Å²) in [4.78, 5) is 22.4. The number of nitrogens with zero attached hydrogens (tertiary/aromatic N) is 1. The molecule has 0 radical (unpaired) electrons. The Morgan fingerprint density at radius 2 is 1.79 bits per heavy atom. The Labute approximate surface area is 158 Å². The zero-order chi connectivity index (χ0) is 20.7. The van der Waals surface area contributed by atoms with Gasteiger partial charge in [0.25, 0.3) is 5.69 Å². The lowest BCUT2D eigenvalue weighted by molar-refractivity contribution is -0.384. The highest BCUT2D eigenvalue weighted by Gasteiger charge is 2.13. The summed E-state index contributed by atoms with van der Waals surface area (Å²) in [7, 11) is 2.66. The van der Waals surface area contributed by atoms with E-state index in [0.29, 0.717) is 5.56 Å². The summed E-state index contributed by atoms with van der Waals surface area (Å²) in [6.45, 7) is -2.99. The fourth-order valence-electron chi connectivity index (χ4n) is 2.23. The Balaban J connectivity index is 2.16. The molecule has 2 aromatic carbocycles. The summed E-state index contributed by atoms with van der Waals surface area (Å²) in [6, 6.07) is 7.94. The SMILES string of the molecule is COc1ccc([N+](=O)[O-])cc1NC(=O)C=Cc1ccc(OC(F)F)c(OC)c1. The number of carbonyl (C=O) groups excluding carboxylic acids is 1. The molecule has 0 heterocycles. The molecule has 1 amide bonds. The van der Waals surface area contributed by atoms with Crippen LogP contribution < -0.4 is 19.5 Å². The number of hydrogen-bond donors (Lipinski definition) is 1. The minimum atomic E-state index is -2.99. The molecule has 2 rings (SSSR count). The second kappa shape index (κ2) is 9.31. The number of methoxy groups -OCH3 is 2. The van der Waals surface area contributed by atoms with Crippen LogP contribution in [0.25, 0.3) is 6.08 Å². The van der Waals surface area contributed by atoms with Crippen LogP contribution in [-0.2, 0) is 4.79 Å². The zero-order valence-corrected chi connectivity index (χ0v) is 14.8. The standard InChI is InChI=1S/C18H16F2N2O6/c1-26-14-7-5-12(22(24)25)10-13(14)21-17(23)8-4-11-3-6-15(28-18(19)20)16(9-11)27-2/h3-10,18H,1-2H3,(H,21,23). The number of ether oxygens (including phenoxy) is 3. The van der Waals surface area contributed by atoms with Crippen LogP contribution in [0.1, 0.15) is 5.56 Å². The summed E-state index contributed by atoms with van der Waals surface area (Å²) in [6.07, 6.45) is 2.58. The van der Waals surface area contributed by atoms with Gasteiger partial charge in [0.2, 0.25) is 5.91 Å². The van der Waals surface area contributed by atoms with Gasteiger partial charge < -0.3 is 19.5 Å². The van der Waals surface area contributed by atoms with Crippen LogP contribution in [0.15, 0.2) is 42.5 Å². The number of nitro benzene ring substituents is 1. The van der Waals surface area contributed by atoms with Gasteiger partial charge in [-0.25, -0.2) is 0 Å². The fraction of sp³-hybridized carbons (Fsp3) is 0.167. The predicted octanol–water partition coefficient (Wildman–Crippen LogP) is 3.87. The maximum absolute atomic E-state index is 12.3. The number of nitrogens with one attached hydrogen (secondary N) is 1. The highest BCUT2D eigenvalue weighted by atomic mass is 19.3. The molecular weight excluding hydrogens is 378 g/mol. The average molecular weight is 394 g/mol. The molecule has 0 aliphatic heterocycles. The molecule has 0 saturated carbocycles. The number of non-ortho nitro benzene ring substituents is 1. The Kier molecular flexibility index (Phi) is 6.85. The molecule has 10 heteroatoms. The van der Waals surface area contributed by atoms with Crippen LogP contribution in [0.4, 0.5) is 20.2 Å². The zero-order valence-electron chi connectivity index (χ0n) is 14.8. The van der Waals surface area contributed by atoms with Crippen molar-refractivity contribution < 1.29 is 32.7 Å². The molecule has 0 aliphatic rings. The van der Waals surface area contributed by atoms with Crippen molar-refractivity contribution in [3.05, 3.63) is 58.2 Å². The first kappa shape index (κ1) is 20.6. The van der Waals surface area contributed by atoms with Gasteiger partial charge in [-0.15, -0.1) is 0 Å². The highest BCUT2D eigenvalue weighted by molar-refractivity contribution is 6.03. The largest absolute Gasteiger partial charge is 0.495 e. The molecule has 0 fully saturated rings. The van der Waals surface area contributed by atoms with Gasteiger partial charge in [0.1, 0.15) is 5.75 Å². The molecule has 2 aromatic rings. The van der Waals surface area contributed by atoms with E-state index in [-0.39, 0.29) is 28.6 Å². The van der Waals surface area contributed by atoms with E-state index in [4.69, 9.17) is 9.47 Å². The number of nitro groups is 1. The number of carbonyl (C=O) groups is 1. The van der Waals surface area contributed by atoms with Crippen molar-refractivity contribution in [3.63, 3.8) is 0 Å². The number of alkyl halides is 2. The first-order chi connectivity index (χ1) is 13.3. The lowest BCUT2D eigenvalue weighted by Crippen LogP contribution is -2.09. The van der Waals surface area contributed by atoms with Gasteiger partial charge in [-0.1, -0.05) is 6.07 Å². The normalized spacial score (nSPS) is 10.8. The number of hydrogen-bond acceptors (Lipinski definition) is 6. The monoisotopic (exact) mass is 394 g/mol. The molecular formula is C18H16F2N2O6. The molecule has 8 nitrogen and oxygen atoms in total. The van der Waals surface area contributed by atoms with Crippen molar-refractivity contribution in [2.75, 3.05) is 19.5 Å². The van der Waals surface area contributed by atoms with E-state index in [1.54, 1.807) is 0 Å². The Bertz CT molecular complexity index is 902. The predicted molar refractivity (Wildman–Crippen MR) is 96.9 cm³/mol. The molecule has 0 atom stereocenters.